The Bertz CT molecular complexity index is 1630. The van der Waals surface area contributed by atoms with E-state index >= 15 is 0 Å². The van der Waals surface area contributed by atoms with Crippen LogP contribution in [-0.4, -0.2) is 11.6 Å². The van der Waals surface area contributed by atoms with E-state index in [1.54, 1.807) is 30.2 Å². The molecule has 1 aliphatic carbocycles. The Kier molecular flexibility index (Phi) is 25.5. The minimum absolute atomic E-state index is 0.00820. The lowest BCUT2D eigenvalue weighted by Crippen LogP contribution is -2.20. The molecule has 0 saturated carbocycles. The Morgan fingerprint density at radius 1 is 0.466 bits per heavy atom. The number of Topliss-reactive ketones (excluding diaryl/α,β-unsaturated/α-hetero) is 2. The minimum Gasteiger partial charge on any atom is -0.289 e. The molecule has 0 amide bonds. The Balaban J connectivity index is 1.53. The van der Waals surface area contributed by atoms with E-state index in [-0.39, 0.29) is 11.6 Å². The molecule has 2 heteroatoms. The highest BCUT2D eigenvalue weighted by atomic mass is 16.1. The summed E-state index contributed by atoms with van der Waals surface area (Å²) >= 11 is 0. The number of allylic oxidation sites excluding steroid dienone is 14. The third-order valence-electron chi connectivity index (χ3n) is 12.5. The van der Waals surface area contributed by atoms with E-state index in [4.69, 9.17) is 0 Å². The highest BCUT2D eigenvalue weighted by Gasteiger charge is 2.28. The van der Waals surface area contributed by atoms with Gasteiger partial charge in [-0.3, -0.25) is 9.59 Å². The third-order valence-corrected chi connectivity index (χ3v) is 12.5. The molecule has 0 saturated heterocycles. The topological polar surface area (TPSA) is 34.1 Å². The zero-order valence-electron chi connectivity index (χ0n) is 39.5. The molecule has 322 valence electrons. The Morgan fingerprint density at radius 3 is 1.33 bits per heavy atom. The molecule has 0 radical (unpaired) electrons. The highest BCUT2D eigenvalue weighted by Crippen LogP contribution is 2.29. The van der Waals surface area contributed by atoms with Gasteiger partial charge in [-0.05, 0) is 169 Å². The van der Waals surface area contributed by atoms with E-state index in [9.17, 15) is 9.59 Å². The van der Waals surface area contributed by atoms with E-state index in [1.807, 2.05) is 12.1 Å². The van der Waals surface area contributed by atoms with Crippen LogP contribution in [0.4, 0.5) is 0 Å². The van der Waals surface area contributed by atoms with Crippen molar-refractivity contribution >= 4 is 11.6 Å². The van der Waals surface area contributed by atoms with E-state index in [0.717, 1.165) is 37.0 Å². The Labute approximate surface area is 358 Å². The van der Waals surface area contributed by atoms with Crippen molar-refractivity contribution in [1.82, 2.24) is 0 Å². The van der Waals surface area contributed by atoms with Crippen LogP contribution in [-0.2, 0) is 0 Å². The van der Waals surface area contributed by atoms with Gasteiger partial charge in [0.1, 0.15) is 0 Å². The van der Waals surface area contributed by atoms with Gasteiger partial charge in [0, 0.05) is 22.3 Å². The van der Waals surface area contributed by atoms with Crippen LogP contribution in [0, 0.1) is 17.8 Å². The van der Waals surface area contributed by atoms with Crippen molar-refractivity contribution in [2.45, 2.75) is 205 Å². The molecule has 0 heterocycles. The van der Waals surface area contributed by atoms with Gasteiger partial charge in [-0.15, -0.1) is 0 Å². The molecule has 2 nitrogen and oxygen atoms in total. The maximum Gasteiger partial charge on any atom is 0.190 e. The second-order valence-corrected chi connectivity index (χ2v) is 18.8. The lowest BCUT2D eigenvalue weighted by Gasteiger charge is -2.18. The van der Waals surface area contributed by atoms with Gasteiger partial charge < -0.3 is 0 Å². The predicted octanol–water partition coefficient (Wildman–Crippen LogP) is 17.8. The van der Waals surface area contributed by atoms with Crippen LogP contribution >= 0.6 is 0 Å². The summed E-state index contributed by atoms with van der Waals surface area (Å²) in [5.74, 6) is 2.35. The molecule has 1 aromatic carbocycles. The first-order valence-corrected chi connectivity index (χ1v) is 23.5. The number of hydrogen-bond acceptors (Lipinski definition) is 2. The van der Waals surface area contributed by atoms with Crippen LogP contribution in [0.3, 0.4) is 0 Å². The molecule has 0 N–H and O–H groups in total. The molecule has 1 aromatic rings. The first kappa shape index (κ1) is 50.9. The largest absolute Gasteiger partial charge is 0.289 e. The monoisotopic (exact) mass is 791 g/mol. The van der Waals surface area contributed by atoms with Crippen molar-refractivity contribution in [3.8, 4) is 0 Å². The molecule has 1 aliphatic rings. The molecule has 58 heavy (non-hydrogen) atoms. The first-order valence-electron chi connectivity index (χ1n) is 23.5. The molecule has 0 aliphatic heterocycles. The number of fused-ring (bicyclic) bond motifs is 1. The molecule has 3 unspecified atom stereocenters. The Hall–Kier alpha value is -3.26. The van der Waals surface area contributed by atoms with E-state index in [1.165, 1.54) is 125 Å². The predicted molar refractivity (Wildman–Crippen MR) is 256 cm³/mol. The fourth-order valence-corrected chi connectivity index (χ4v) is 8.20. The summed E-state index contributed by atoms with van der Waals surface area (Å²) in [6.07, 6.45) is 38.4. The molecule has 0 aromatic heterocycles. The molecular weight excluding hydrogens is 705 g/mol. The molecular formula is C56H86O2. The van der Waals surface area contributed by atoms with Crippen LogP contribution < -0.4 is 0 Å². The van der Waals surface area contributed by atoms with Crippen molar-refractivity contribution in [3.05, 3.63) is 116 Å². The van der Waals surface area contributed by atoms with Gasteiger partial charge in [0.2, 0.25) is 0 Å². The molecule has 2 rings (SSSR count). The van der Waals surface area contributed by atoms with Gasteiger partial charge in [0.05, 0.1) is 0 Å². The molecule has 0 bridgehead atoms. The van der Waals surface area contributed by atoms with E-state index in [2.05, 4.69) is 106 Å². The number of ketones is 2. The van der Waals surface area contributed by atoms with Crippen LogP contribution in [0.1, 0.15) is 225 Å². The standard InChI is InChI=1S/C56H86O2/c1-42(2)22-14-23-43(3)24-15-25-44(4)26-16-27-45(5)28-17-29-46(6)30-18-31-47(7)32-19-33-48(8)34-20-35-49(9)36-21-37-50(10)40-41-52-51(11)55(57)53-38-12-13-39-54(53)56(52)58/h12-13,22,26,28,30,32,38-40,43,48-49H,14-21,23-25,27,29,31,33-37,41H2,1-11H3. The number of benzene rings is 1. The summed E-state index contributed by atoms with van der Waals surface area (Å²) in [5, 5.41) is 0. The van der Waals surface area contributed by atoms with Gasteiger partial charge in [-0.2, -0.15) is 0 Å². The smallest absolute Gasteiger partial charge is 0.190 e. The van der Waals surface area contributed by atoms with Crippen molar-refractivity contribution in [2.75, 3.05) is 0 Å². The molecule has 3 atom stereocenters. The van der Waals surface area contributed by atoms with Crippen molar-refractivity contribution in [3.63, 3.8) is 0 Å². The van der Waals surface area contributed by atoms with Gasteiger partial charge in [0.15, 0.2) is 11.6 Å². The van der Waals surface area contributed by atoms with Crippen LogP contribution in [0.2, 0.25) is 0 Å². The SMILES string of the molecule is CC(C)=CCCC(C)CCCC(C)=CCCC(C)=CCCC(C)=CCCC(C)=CCCC(C)CCCC(C)CCCC(C)=CCC1=C(C)C(=O)c2ccccc2C1=O. The number of rotatable bonds is 29. The Morgan fingerprint density at radius 2 is 0.845 bits per heavy atom. The van der Waals surface area contributed by atoms with Crippen LogP contribution in [0.25, 0.3) is 0 Å². The first-order chi connectivity index (χ1) is 27.7. The lowest BCUT2D eigenvalue weighted by atomic mass is 9.83. The van der Waals surface area contributed by atoms with Crippen molar-refractivity contribution < 1.29 is 9.59 Å². The minimum atomic E-state index is -0.00820. The van der Waals surface area contributed by atoms with Crippen LogP contribution in [0.15, 0.2) is 105 Å². The fourth-order valence-electron chi connectivity index (χ4n) is 8.20. The summed E-state index contributed by atoms with van der Waals surface area (Å²) in [5.41, 5.74) is 11.3. The van der Waals surface area contributed by atoms with Gasteiger partial charge >= 0.3 is 0 Å². The van der Waals surface area contributed by atoms with Gasteiger partial charge in [0.25, 0.3) is 0 Å². The third kappa shape index (κ3) is 21.7. The van der Waals surface area contributed by atoms with E-state index < -0.39 is 0 Å². The van der Waals surface area contributed by atoms with Crippen molar-refractivity contribution in [2.24, 2.45) is 17.8 Å². The normalized spacial score (nSPS) is 16.2. The molecule has 0 spiro atoms. The second kappa shape index (κ2) is 29.0. The summed E-state index contributed by atoms with van der Waals surface area (Å²) in [6.45, 7) is 24.9. The maximum absolute atomic E-state index is 13.1. The number of carbonyl (C=O) groups is 2. The molecule has 0 fully saturated rings. The number of carbonyl (C=O) groups excluding carboxylic acids is 2. The quantitative estimate of drug-likeness (QED) is 0.0758. The zero-order chi connectivity index (χ0) is 42.9. The average Bonchev–Trinajstić information content (AvgIpc) is 3.17. The maximum atomic E-state index is 13.1. The lowest BCUT2D eigenvalue weighted by molar-refractivity contribution is 0.0973. The summed E-state index contributed by atoms with van der Waals surface area (Å²) in [7, 11) is 0. The summed E-state index contributed by atoms with van der Waals surface area (Å²) in [4.78, 5) is 25.8. The zero-order valence-corrected chi connectivity index (χ0v) is 39.5. The highest BCUT2D eigenvalue weighted by molar-refractivity contribution is 6.26. The van der Waals surface area contributed by atoms with Gasteiger partial charge in [-0.25, -0.2) is 0 Å². The number of hydrogen-bond donors (Lipinski definition) is 0. The second-order valence-electron chi connectivity index (χ2n) is 18.8. The summed E-state index contributed by atoms with van der Waals surface area (Å²) in [6, 6.07) is 7.21. The van der Waals surface area contributed by atoms with Crippen molar-refractivity contribution in [1.29, 1.82) is 0 Å². The van der Waals surface area contributed by atoms with E-state index in [0.29, 0.717) is 28.7 Å². The van der Waals surface area contributed by atoms with Crippen LogP contribution in [0.5, 0.6) is 0 Å². The summed E-state index contributed by atoms with van der Waals surface area (Å²) < 4.78 is 0. The average molecular weight is 791 g/mol. The van der Waals surface area contributed by atoms with Gasteiger partial charge in [-0.1, -0.05) is 147 Å². The fraction of sp³-hybridized carbons (Fsp3) is 0.607.